The van der Waals surface area contributed by atoms with Crippen molar-refractivity contribution in [3.63, 3.8) is 0 Å². The maximum Gasteiger partial charge on any atom is 0.251 e. The van der Waals surface area contributed by atoms with Crippen LogP contribution in [-0.4, -0.2) is 44.9 Å². The number of carbonyl (C=O) groups is 1. The lowest BCUT2D eigenvalue weighted by atomic mass is 9.47. The Morgan fingerprint density at radius 2 is 1.72 bits per heavy atom. The minimum absolute atomic E-state index is 0.0948. The van der Waals surface area contributed by atoms with Crippen molar-refractivity contribution in [1.29, 1.82) is 0 Å². The first-order valence-corrected chi connectivity index (χ1v) is 13.8. The summed E-state index contributed by atoms with van der Waals surface area (Å²) >= 11 is 0. The zero-order chi connectivity index (χ0) is 22.5. The van der Waals surface area contributed by atoms with Crippen LogP contribution < -0.4 is 10.1 Å². The van der Waals surface area contributed by atoms with E-state index in [0.717, 1.165) is 37.0 Å². The fraction of sp³-hybridized carbons (Fsp3) is 0.720. The number of hydrogen-bond acceptors (Lipinski definition) is 4. The lowest BCUT2D eigenvalue weighted by Crippen LogP contribution is -2.56. The van der Waals surface area contributed by atoms with Gasteiger partial charge in [0.05, 0.1) is 7.11 Å². The number of nitrogens with one attached hydrogen (secondary N) is 1. The Hall–Kier alpha value is -1.60. The Morgan fingerprint density at radius 1 is 1.12 bits per heavy atom. The van der Waals surface area contributed by atoms with Crippen LogP contribution in [0.2, 0.25) is 0 Å². The van der Waals surface area contributed by atoms with E-state index in [1.54, 1.807) is 12.1 Å². The Balaban J connectivity index is 1.39. The highest BCUT2D eigenvalue weighted by atomic mass is 32.2. The molecule has 6 nitrogen and oxygen atoms in total. The van der Waals surface area contributed by atoms with Crippen LogP contribution in [0.15, 0.2) is 23.1 Å². The van der Waals surface area contributed by atoms with Crippen molar-refractivity contribution in [2.24, 2.45) is 23.2 Å². The number of sulfonamides is 1. The van der Waals surface area contributed by atoms with Gasteiger partial charge in [-0.3, -0.25) is 4.79 Å². The fourth-order valence-electron chi connectivity index (χ4n) is 7.62. The first kappa shape index (κ1) is 22.2. The second-order valence-corrected chi connectivity index (χ2v) is 12.6. The molecule has 0 spiro atoms. The number of methoxy groups -OCH3 is 1. The summed E-state index contributed by atoms with van der Waals surface area (Å²) in [5.74, 6) is 2.59. The van der Waals surface area contributed by atoms with Gasteiger partial charge in [-0.05, 0) is 99.2 Å². The molecule has 1 aromatic carbocycles. The quantitative estimate of drug-likeness (QED) is 0.662. The van der Waals surface area contributed by atoms with Gasteiger partial charge in [0.2, 0.25) is 10.0 Å². The van der Waals surface area contributed by atoms with Gasteiger partial charge in [-0.15, -0.1) is 0 Å². The number of amides is 1. The third-order valence-corrected chi connectivity index (χ3v) is 10.6. The lowest BCUT2D eigenvalue weighted by molar-refractivity contribution is -0.0727. The fourth-order valence-corrected chi connectivity index (χ4v) is 9.32. The number of rotatable bonds is 7. The standard InChI is InChI=1S/C25H36N2O4S/c1-3-23(25-14-17-10-18(15-25)12-19(11-17)16-25)26-24(28)20-6-7-21(31-2)22(13-20)32(29,30)27-8-4-5-9-27/h6-7,13,17-19,23H,3-5,8-12,14-16H2,1-2H3,(H,26,28)/t17?,18?,19?,23-,25?/m1/s1. The van der Waals surface area contributed by atoms with Crippen LogP contribution in [0.4, 0.5) is 0 Å². The highest BCUT2D eigenvalue weighted by molar-refractivity contribution is 7.89. The van der Waals surface area contributed by atoms with E-state index in [0.29, 0.717) is 24.4 Å². The molecule has 4 aliphatic carbocycles. The minimum Gasteiger partial charge on any atom is -0.495 e. The monoisotopic (exact) mass is 460 g/mol. The molecule has 5 fully saturated rings. The number of ether oxygens (including phenoxy) is 1. The minimum atomic E-state index is -3.68. The summed E-state index contributed by atoms with van der Waals surface area (Å²) in [6.07, 6.45) is 10.5. The highest BCUT2D eigenvalue weighted by Crippen LogP contribution is 2.61. The molecule has 5 aliphatic rings. The van der Waals surface area contributed by atoms with Crippen LogP contribution in [0.3, 0.4) is 0 Å². The van der Waals surface area contributed by atoms with Gasteiger partial charge >= 0.3 is 0 Å². The summed E-state index contributed by atoms with van der Waals surface area (Å²) in [6, 6.07) is 4.95. The van der Waals surface area contributed by atoms with E-state index < -0.39 is 10.0 Å². The third-order valence-electron chi connectivity index (χ3n) is 8.65. The van der Waals surface area contributed by atoms with Gasteiger partial charge in [0, 0.05) is 24.7 Å². The van der Waals surface area contributed by atoms with Crippen molar-refractivity contribution >= 4 is 15.9 Å². The SMILES string of the molecule is CC[C@@H](NC(=O)c1ccc(OC)c(S(=O)(=O)N2CCCC2)c1)C12CC3CC(CC(C3)C1)C2. The number of benzene rings is 1. The highest BCUT2D eigenvalue weighted by Gasteiger charge is 2.54. The zero-order valence-corrected chi connectivity index (χ0v) is 20.1. The lowest BCUT2D eigenvalue weighted by Gasteiger charge is -2.59. The average Bonchev–Trinajstić information content (AvgIpc) is 3.31. The Bertz CT molecular complexity index is 948. The normalized spacial score (nSPS) is 32.8. The van der Waals surface area contributed by atoms with Crippen LogP contribution in [0.1, 0.15) is 75.1 Å². The number of carbonyl (C=O) groups excluding carboxylic acids is 1. The molecule has 1 aliphatic heterocycles. The van der Waals surface area contributed by atoms with Gasteiger partial charge in [-0.25, -0.2) is 8.42 Å². The van der Waals surface area contributed by atoms with Crippen molar-refractivity contribution in [3.8, 4) is 5.75 Å². The van der Waals surface area contributed by atoms with E-state index in [4.69, 9.17) is 4.74 Å². The molecule has 0 radical (unpaired) electrons. The molecule has 1 heterocycles. The van der Waals surface area contributed by atoms with Crippen LogP contribution in [0.5, 0.6) is 5.75 Å². The second-order valence-electron chi connectivity index (χ2n) is 10.7. The summed E-state index contributed by atoms with van der Waals surface area (Å²) in [4.78, 5) is 13.4. The van der Waals surface area contributed by atoms with E-state index in [1.165, 1.54) is 56.0 Å². The van der Waals surface area contributed by atoms with Crippen molar-refractivity contribution in [3.05, 3.63) is 23.8 Å². The molecule has 1 aromatic rings. The van der Waals surface area contributed by atoms with Gasteiger partial charge in [0.15, 0.2) is 0 Å². The summed E-state index contributed by atoms with van der Waals surface area (Å²) < 4.78 is 33.3. The first-order chi connectivity index (χ1) is 15.3. The van der Waals surface area contributed by atoms with Crippen LogP contribution in [-0.2, 0) is 10.0 Å². The van der Waals surface area contributed by atoms with Crippen LogP contribution >= 0.6 is 0 Å². The topological polar surface area (TPSA) is 75.7 Å². The molecule has 4 saturated carbocycles. The molecule has 6 rings (SSSR count). The van der Waals surface area contributed by atoms with E-state index in [-0.39, 0.29) is 22.3 Å². The Morgan fingerprint density at radius 3 is 2.25 bits per heavy atom. The molecule has 1 amide bonds. The van der Waals surface area contributed by atoms with Crippen molar-refractivity contribution in [2.45, 2.75) is 75.6 Å². The van der Waals surface area contributed by atoms with Crippen LogP contribution in [0, 0.1) is 23.2 Å². The van der Waals surface area contributed by atoms with E-state index >= 15 is 0 Å². The van der Waals surface area contributed by atoms with Gasteiger partial charge < -0.3 is 10.1 Å². The maximum absolute atomic E-state index is 13.3. The van der Waals surface area contributed by atoms with Gasteiger partial charge in [0.25, 0.3) is 5.91 Å². The molecule has 1 N–H and O–H groups in total. The molecule has 4 bridgehead atoms. The molecule has 1 saturated heterocycles. The van der Waals surface area contributed by atoms with Gasteiger partial charge in [-0.1, -0.05) is 6.92 Å². The Kier molecular flexibility index (Phi) is 5.77. The van der Waals surface area contributed by atoms with E-state index in [9.17, 15) is 13.2 Å². The zero-order valence-electron chi connectivity index (χ0n) is 19.3. The number of hydrogen-bond donors (Lipinski definition) is 1. The average molecular weight is 461 g/mol. The predicted molar refractivity (Wildman–Crippen MR) is 123 cm³/mol. The summed E-state index contributed by atoms with van der Waals surface area (Å²) in [7, 11) is -2.21. The molecular formula is C25H36N2O4S. The third kappa shape index (κ3) is 3.75. The van der Waals surface area contributed by atoms with Crippen molar-refractivity contribution in [1.82, 2.24) is 9.62 Å². The molecule has 32 heavy (non-hydrogen) atoms. The first-order valence-electron chi connectivity index (χ1n) is 12.3. The van der Waals surface area contributed by atoms with E-state index in [2.05, 4.69) is 12.2 Å². The molecule has 176 valence electrons. The van der Waals surface area contributed by atoms with Crippen molar-refractivity contribution in [2.75, 3.05) is 20.2 Å². The molecule has 0 aromatic heterocycles. The molecular weight excluding hydrogens is 424 g/mol. The second kappa shape index (κ2) is 8.32. The molecule has 7 heteroatoms. The largest absolute Gasteiger partial charge is 0.495 e. The van der Waals surface area contributed by atoms with Crippen molar-refractivity contribution < 1.29 is 17.9 Å². The maximum atomic E-state index is 13.3. The van der Waals surface area contributed by atoms with Gasteiger partial charge in [0.1, 0.15) is 10.6 Å². The summed E-state index contributed by atoms with van der Waals surface area (Å²) in [6.45, 7) is 3.21. The van der Waals surface area contributed by atoms with E-state index in [1.807, 2.05) is 0 Å². The summed E-state index contributed by atoms with van der Waals surface area (Å²) in [5.41, 5.74) is 0.613. The molecule has 1 atom stereocenters. The smallest absolute Gasteiger partial charge is 0.251 e. The Labute approximate surface area is 192 Å². The molecule has 0 unspecified atom stereocenters. The van der Waals surface area contributed by atoms with Gasteiger partial charge in [-0.2, -0.15) is 4.31 Å². The predicted octanol–water partition coefficient (Wildman–Crippen LogP) is 4.20. The number of nitrogens with zero attached hydrogens (tertiary/aromatic N) is 1. The van der Waals surface area contributed by atoms with Crippen LogP contribution in [0.25, 0.3) is 0 Å². The summed E-state index contributed by atoms with van der Waals surface area (Å²) in [5, 5.41) is 3.34.